The van der Waals surface area contributed by atoms with E-state index in [2.05, 4.69) is 4.98 Å². The Balaban J connectivity index is 2.63. The highest BCUT2D eigenvalue weighted by Crippen LogP contribution is 2.13. The summed E-state index contributed by atoms with van der Waals surface area (Å²) in [4.78, 5) is 26.4. The number of aromatic nitrogens is 1. The highest BCUT2D eigenvalue weighted by Gasteiger charge is 2.17. The van der Waals surface area contributed by atoms with Crippen LogP contribution in [-0.4, -0.2) is 53.9 Å². The number of methoxy groups -OCH3 is 1. The molecule has 0 fully saturated rings. The summed E-state index contributed by atoms with van der Waals surface area (Å²) in [5.74, 6) is -0.257. The lowest BCUT2D eigenvalue weighted by atomic mass is 10.2. The van der Waals surface area contributed by atoms with Crippen molar-refractivity contribution in [3.63, 3.8) is 0 Å². The molecule has 20 heavy (non-hydrogen) atoms. The van der Waals surface area contributed by atoms with Crippen molar-refractivity contribution in [2.75, 3.05) is 33.4 Å². The number of H-pyrrole nitrogens is 1. The third-order valence-electron chi connectivity index (χ3n) is 2.70. The highest BCUT2D eigenvalue weighted by atomic mass is 16.6. The monoisotopic (exact) mass is 280 g/mol. The summed E-state index contributed by atoms with van der Waals surface area (Å²) >= 11 is 0. The number of nitrogens with one attached hydrogen (secondary N) is 1. The van der Waals surface area contributed by atoms with Crippen molar-refractivity contribution in [1.29, 1.82) is 5.26 Å². The van der Waals surface area contributed by atoms with Crippen LogP contribution >= 0.6 is 0 Å². The number of carbonyl (C=O) groups is 1. The van der Waals surface area contributed by atoms with Gasteiger partial charge in [-0.2, -0.15) is 5.26 Å². The predicted molar refractivity (Wildman–Crippen MR) is 70.3 cm³/mol. The average Bonchev–Trinajstić information content (AvgIpc) is 2.91. The van der Waals surface area contributed by atoms with Gasteiger partial charge < -0.3 is 9.72 Å². The van der Waals surface area contributed by atoms with Crippen LogP contribution in [0.2, 0.25) is 0 Å². The maximum atomic E-state index is 12.0. The molecule has 1 heterocycles. The second kappa shape index (κ2) is 8.04. The van der Waals surface area contributed by atoms with Gasteiger partial charge in [0.1, 0.15) is 0 Å². The second-order valence-corrected chi connectivity index (χ2v) is 4.13. The molecule has 1 rings (SSSR count). The molecule has 8 nitrogen and oxygen atoms in total. The number of rotatable bonds is 9. The molecule has 0 amide bonds. The summed E-state index contributed by atoms with van der Waals surface area (Å²) in [6, 6.07) is 3.23. The summed E-state index contributed by atoms with van der Waals surface area (Å²) in [5, 5.41) is 19.1. The fraction of sp³-hybridized carbons (Fsp3) is 0.500. The molecule has 1 aromatic rings. The van der Waals surface area contributed by atoms with E-state index >= 15 is 0 Å². The molecule has 108 valence electrons. The van der Waals surface area contributed by atoms with E-state index < -0.39 is 4.92 Å². The number of nitrogens with zero attached hydrogens (tertiary/aromatic N) is 3. The first-order valence-electron chi connectivity index (χ1n) is 6.02. The first kappa shape index (κ1) is 15.8. The Morgan fingerprint density at radius 1 is 1.60 bits per heavy atom. The van der Waals surface area contributed by atoms with Crippen molar-refractivity contribution in [2.24, 2.45) is 0 Å². The lowest BCUT2D eigenvalue weighted by molar-refractivity contribution is -0.384. The Hall–Kier alpha value is -2.24. The van der Waals surface area contributed by atoms with Crippen molar-refractivity contribution in [2.45, 2.75) is 6.42 Å². The number of nitriles is 1. The molecular weight excluding hydrogens is 264 g/mol. The van der Waals surface area contributed by atoms with E-state index in [1.807, 2.05) is 6.07 Å². The van der Waals surface area contributed by atoms with Crippen LogP contribution in [-0.2, 0) is 4.74 Å². The summed E-state index contributed by atoms with van der Waals surface area (Å²) in [5.41, 5.74) is 0.0462. The molecule has 0 bridgehead atoms. The number of Topliss-reactive ketones (excluding diaryl/α,β-unsaturated/α-hetero) is 1. The van der Waals surface area contributed by atoms with Crippen molar-refractivity contribution in [3.05, 3.63) is 28.1 Å². The molecule has 0 unspecified atom stereocenters. The molecule has 0 aliphatic heterocycles. The molecule has 0 aliphatic rings. The molecule has 1 N–H and O–H groups in total. The molecule has 0 radical (unpaired) electrons. The maximum absolute atomic E-state index is 12.0. The largest absolute Gasteiger partial charge is 0.383 e. The van der Waals surface area contributed by atoms with Gasteiger partial charge in [0, 0.05) is 32.7 Å². The van der Waals surface area contributed by atoms with Gasteiger partial charge in [0.25, 0.3) is 5.69 Å². The van der Waals surface area contributed by atoms with Crippen molar-refractivity contribution in [1.82, 2.24) is 9.88 Å². The zero-order valence-corrected chi connectivity index (χ0v) is 11.2. The molecule has 0 spiro atoms. The predicted octanol–water partition coefficient (Wildman–Crippen LogP) is 0.968. The molecular formula is C12H16N4O4. The van der Waals surface area contributed by atoms with Crippen LogP contribution in [0.4, 0.5) is 5.69 Å². The fourth-order valence-electron chi connectivity index (χ4n) is 1.64. The van der Waals surface area contributed by atoms with E-state index in [1.54, 1.807) is 12.0 Å². The third kappa shape index (κ3) is 4.79. The van der Waals surface area contributed by atoms with Crippen LogP contribution in [0, 0.1) is 21.4 Å². The molecule has 1 aromatic heterocycles. The number of ketones is 1. The lowest BCUT2D eigenvalue weighted by Crippen LogP contribution is -2.33. The van der Waals surface area contributed by atoms with Crippen molar-refractivity contribution < 1.29 is 14.5 Å². The van der Waals surface area contributed by atoms with Gasteiger partial charge in [0.15, 0.2) is 5.78 Å². The van der Waals surface area contributed by atoms with Gasteiger partial charge >= 0.3 is 0 Å². The molecule has 0 atom stereocenters. The van der Waals surface area contributed by atoms with Crippen molar-refractivity contribution in [3.8, 4) is 6.07 Å². The van der Waals surface area contributed by atoms with E-state index in [9.17, 15) is 14.9 Å². The van der Waals surface area contributed by atoms with E-state index in [0.717, 1.165) is 0 Å². The number of aromatic amines is 1. The average molecular weight is 280 g/mol. The van der Waals surface area contributed by atoms with Crippen LogP contribution < -0.4 is 0 Å². The molecule has 0 aliphatic carbocycles. The zero-order valence-electron chi connectivity index (χ0n) is 11.2. The van der Waals surface area contributed by atoms with Crippen LogP contribution in [0.25, 0.3) is 0 Å². The SMILES string of the molecule is COCCN(CCC#N)CC(=O)c1cc([N+](=O)[O-])c[nH]1. The van der Waals surface area contributed by atoms with Gasteiger partial charge in [0.05, 0.1) is 36.0 Å². The normalized spacial score (nSPS) is 10.4. The smallest absolute Gasteiger partial charge is 0.287 e. The number of ether oxygens (including phenoxy) is 1. The Kier molecular flexibility index (Phi) is 6.36. The third-order valence-corrected chi connectivity index (χ3v) is 2.70. The van der Waals surface area contributed by atoms with E-state index in [-0.39, 0.29) is 23.7 Å². The minimum Gasteiger partial charge on any atom is -0.383 e. The Morgan fingerprint density at radius 2 is 2.35 bits per heavy atom. The first-order chi connectivity index (χ1) is 9.58. The number of hydrogen-bond donors (Lipinski definition) is 1. The Labute approximate surface area is 116 Å². The van der Waals surface area contributed by atoms with Crippen LogP contribution in [0.5, 0.6) is 0 Å². The van der Waals surface area contributed by atoms with E-state index in [1.165, 1.54) is 12.3 Å². The fourth-order valence-corrected chi connectivity index (χ4v) is 1.64. The minimum atomic E-state index is -0.564. The van der Waals surface area contributed by atoms with Gasteiger partial charge in [-0.15, -0.1) is 0 Å². The van der Waals surface area contributed by atoms with Crippen LogP contribution in [0.15, 0.2) is 12.3 Å². The second-order valence-electron chi connectivity index (χ2n) is 4.13. The Bertz CT molecular complexity index is 506. The molecule has 0 aromatic carbocycles. The first-order valence-corrected chi connectivity index (χ1v) is 6.02. The summed E-state index contributed by atoms with van der Waals surface area (Å²) < 4.78 is 4.94. The van der Waals surface area contributed by atoms with Gasteiger partial charge in [0.2, 0.25) is 0 Å². The van der Waals surface area contributed by atoms with E-state index in [4.69, 9.17) is 10.00 Å². The quantitative estimate of drug-likeness (QED) is 0.409. The zero-order chi connectivity index (χ0) is 15.0. The van der Waals surface area contributed by atoms with Crippen molar-refractivity contribution >= 4 is 11.5 Å². The number of nitro groups is 1. The topological polar surface area (TPSA) is 112 Å². The molecule has 0 saturated carbocycles. The number of hydrogen-bond acceptors (Lipinski definition) is 6. The standard InChI is InChI=1S/C12H16N4O4/c1-20-6-5-15(4-2-3-13)9-12(17)11-7-10(8-14-11)16(18)19/h7-8,14H,2,4-6,9H2,1H3. The number of carbonyl (C=O) groups excluding carboxylic acids is 1. The lowest BCUT2D eigenvalue weighted by Gasteiger charge is -2.19. The van der Waals surface area contributed by atoms with Crippen LogP contribution in [0.1, 0.15) is 16.9 Å². The summed E-state index contributed by atoms with van der Waals surface area (Å²) in [6.45, 7) is 1.51. The van der Waals surface area contributed by atoms with Gasteiger partial charge in [-0.25, -0.2) is 0 Å². The van der Waals surface area contributed by atoms with E-state index in [0.29, 0.717) is 26.1 Å². The summed E-state index contributed by atoms with van der Waals surface area (Å²) in [6.07, 6.45) is 1.49. The van der Waals surface area contributed by atoms with Gasteiger partial charge in [-0.05, 0) is 0 Å². The van der Waals surface area contributed by atoms with Gasteiger partial charge in [-0.1, -0.05) is 0 Å². The van der Waals surface area contributed by atoms with Gasteiger partial charge in [-0.3, -0.25) is 19.8 Å². The molecule has 0 saturated heterocycles. The maximum Gasteiger partial charge on any atom is 0.287 e. The summed E-state index contributed by atoms with van der Waals surface area (Å²) in [7, 11) is 1.55. The highest BCUT2D eigenvalue weighted by molar-refractivity contribution is 5.96. The Morgan fingerprint density at radius 3 is 2.90 bits per heavy atom. The molecule has 8 heteroatoms. The van der Waals surface area contributed by atoms with Crippen LogP contribution in [0.3, 0.4) is 0 Å². The minimum absolute atomic E-state index is 0.0860.